The van der Waals surface area contributed by atoms with Gasteiger partial charge in [0.15, 0.2) is 0 Å². The molecule has 0 aliphatic carbocycles. The van der Waals surface area contributed by atoms with Crippen LogP contribution < -0.4 is 11.5 Å². The van der Waals surface area contributed by atoms with E-state index in [1.807, 2.05) is 12.1 Å². The number of nitrogen functional groups attached to an aromatic ring is 2. The summed E-state index contributed by atoms with van der Waals surface area (Å²) in [6.07, 6.45) is 3.06. The molecule has 0 aromatic heterocycles. The van der Waals surface area contributed by atoms with Gasteiger partial charge in [0.05, 0.1) is 0 Å². The Morgan fingerprint density at radius 2 is 1.73 bits per heavy atom. The lowest BCUT2D eigenvalue weighted by Crippen LogP contribution is -1.99. The van der Waals surface area contributed by atoms with Crippen molar-refractivity contribution in [3.05, 3.63) is 23.8 Å². The molecule has 0 saturated carbocycles. The van der Waals surface area contributed by atoms with E-state index in [2.05, 4.69) is 6.92 Å². The second-order valence-electron chi connectivity index (χ2n) is 3.72. The Kier molecular flexibility index (Phi) is 4.98. The number of ether oxygens (including phenoxy) is 1. The van der Waals surface area contributed by atoms with Crippen LogP contribution in [0.2, 0.25) is 0 Å². The van der Waals surface area contributed by atoms with Crippen LogP contribution in [0, 0.1) is 0 Å². The zero-order chi connectivity index (χ0) is 11.1. The van der Waals surface area contributed by atoms with E-state index in [1.54, 1.807) is 6.07 Å². The highest BCUT2D eigenvalue weighted by Gasteiger charge is 1.97. The van der Waals surface area contributed by atoms with E-state index in [1.165, 1.54) is 5.56 Å². The highest BCUT2D eigenvalue weighted by Crippen LogP contribution is 2.14. The molecule has 0 bridgehead atoms. The van der Waals surface area contributed by atoms with E-state index < -0.39 is 0 Å². The zero-order valence-corrected chi connectivity index (χ0v) is 9.33. The summed E-state index contributed by atoms with van der Waals surface area (Å²) in [5.74, 6) is 0. The number of hydrogen-bond donors (Lipinski definition) is 2. The summed E-state index contributed by atoms with van der Waals surface area (Å²) >= 11 is 0. The summed E-state index contributed by atoms with van der Waals surface area (Å²) in [4.78, 5) is 0. The first-order valence-corrected chi connectivity index (χ1v) is 5.45. The molecule has 0 heterocycles. The minimum atomic E-state index is 0.736. The van der Waals surface area contributed by atoms with Gasteiger partial charge in [0.2, 0.25) is 0 Å². The molecule has 0 unspecified atom stereocenters. The summed E-state index contributed by atoms with van der Waals surface area (Å²) in [5, 5.41) is 0. The molecule has 0 radical (unpaired) electrons. The van der Waals surface area contributed by atoms with Gasteiger partial charge in [-0.05, 0) is 43.0 Å². The van der Waals surface area contributed by atoms with Gasteiger partial charge in [-0.3, -0.25) is 0 Å². The van der Waals surface area contributed by atoms with Gasteiger partial charge in [-0.2, -0.15) is 0 Å². The predicted molar refractivity (Wildman–Crippen MR) is 64.7 cm³/mol. The minimum absolute atomic E-state index is 0.736. The molecule has 3 heteroatoms. The van der Waals surface area contributed by atoms with Crippen molar-refractivity contribution in [1.82, 2.24) is 0 Å². The van der Waals surface area contributed by atoms with Crippen LogP contribution in [0.5, 0.6) is 0 Å². The maximum absolute atomic E-state index is 5.70. The van der Waals surface area contributed by atoms with Gasteiger partial charge in [0.1, 0.15) is 0 Å². The fourth-order valence-corrected chi connectivity index (χ4v) is 1.51. The molecule has 0 saturated heterocycles. The standard InChI is InChI=1S/C12H20N2O/c1-2-5-15-6-3-4-10-7-11(13)9-12(14)8-10/h7-9H,2-6,13-14H2,1H3. The van der Waals surface area contributed by atoms with Crippen molar-refractivity contribution in [3.8, 4) is 0 Å². The molecule has 1 rings (SSSR count). The molecule has 0 atom stereocenters. The van der Waals surface area contributed by atoms with Crippen molar-refractivity contribution in [2.75, 3.05) is 24.7 Å². The lowest BCUT2D eigenvalue weighted by molar-refractivity contribution is 0.132. The van der Waals surface area contributed by atoms with Crippen LogP contribution in [0.25, 0.3) is 0 Å². The molecule has 84 valence electrons. The smallest absolute Gasteiger partial charge is 0.0469 e. The third-order valence-corrected chi connectivity index (χ3v) is 2.14. The molecule has 0 aliphatic rings. The number of anilines is 2. The van der Waals surface area contributed by atoms with E-state index in [0.29, 0.717) is 0 Å². The second-order valence-corrected chi connectivity index (χ2v) is 3.72. The van der Waals surface area contributed by atoms with Crippen LogP contribution in [0.3, 0.4) is 0 Å². The number of rotatable bonds is 6. The molecule has 4 N–H and O–H groups in total. The molecule has 0 amide bonds. The number of benzene rings is 1. The molecule has 1 aromatic carbocycles. The van der Waals surface area contributed by atoms with E-state index in [4.69, 9.17) is 16.2 Å². The van der Waals surface area contributed by atoms with Gasteiger partial charge in [-0.15, -0.1) is 0 Å². The van der Waals surface area contributed by atoms with Crippen molar-refractivity contribution >= 4 is 11.4 Å². The van der Waals surface area contributed by atoms with Gasteiger partial charge in [0.25, 0.3) is 0 Å². The van der Waals surface area contributed by atoms with E-state index in [0.717, 1.165) is 43.9 Å². The average Bonchev–Trinajstić information content (AvgIpc) is 2.16. The molecule has 3 nitrogen and oxygen atoms in total. The highest BCUT2D eigenvalue weighted by atomic mass is 16.5. The monoisotopic (exact) mass is 208 g/mol. The Morgan fingerprint density at radius 3 is 2.33 bits per heavy atom. The molecule has 0 aliphatic heterocycles. The van der Waals surface area contributed by atoms with Gasteiger partial charge in [0, 0.05) is 24.6 Å². The highest BCUT2D eigenvalue weighted by molar-refractivity contribution is 5.54. The van der Waals surface area contributed by atoms with Crippen molar-refractivity contribution in [2.24, 2.45) is 0 Å². The molecule has 1 aromatic rings. The van der Waals surface area contributed by atoms with Gasteiger partial charge in [-0.1, -0.05) is 6.92 Å². The van der Waals surface area contributed by atoms with Gasteiger partial charge < -0.3 is 16.2 Å². The van der Waals surface area contributed by atoms with Crippen molar-refractivity contribution in [3.63, 3.8) is 0 Å². The van der Waals surface area contributed by atoms with Crippen molar-refractivity contribution in [1.29, 1.82) is 0 Å². The number of nitrogens with two attached hydrogens (primary N) is 2. The maximum Gasteiger partial charge on any atom is 0.0469 e. The Labute approximate surface area is 91.4 Å². The number of aryl methyl sites for hydroxylation is 1. The van der Waals surface area contributed by atoms with Crippen LogP contribution in [-0.4, -0.2) is 13.2 Å². The molecule has 15 heavy (non-hydrogen) atoms. The zero-order valence-electron chi connectivity index (χ0n) is 9.33. The molecular formula is C12H20N2O. The first kappa shape index (κ1) is 11.9. The maximum atomic E-state index is 5.70. The lowest BCUT2D eigenvalue weighted by atomic mass is 10.1. The Hall–Kier alpha value is -1.22. The minimum Gasteiger partial charge on any atom is -0.399 e. The fraction of sp³-hybridized carbons (Fsp3) is 0.500. The van der Waals surface area contributed by atoms with E-state index in [-0.39, 0.29) is 0 Å². The van der Waals surface area contributed by atoms with Crippen LogP contribution in [0.15, 0.2) is 18.2 Å². The topological polar surface area (TPSA) is 61.3 Å². The first-order valence-electron chi connectivity index (χ1n) is 5.45. The Balaban J connectivity index is 2.31. The van der Waals surface area contributed by atoms with Crippen LogP contribution in [0.1, 0.15) is 25.3 Å². The Bertz CT molecular complexity index is 279. The van der Waals surface area contributed by atoms with Crippen LogP contribution in [0.4, 0.5) is 11.4 Å². The molecule has 0 fully saturated rings. The van der Waals surface area contributed by atoms with E-state index >= 15 is 0 Å². The van der Waals surface area contributed by atoms with E-state index in [9.17, 15) is 0 Å². The third-order valence-electron chi connectivity index (χ3n) is 2.14. The normalized spacial score (nSPS) is 10.5. The quantitative estimate of drug-likeness (QED) is 0.556. The average molecular weight is 208 g/mol. The summed E-state index contributed by atoms with van der Waals surface area (Å²) in [5.41, 5.74) is 14.1. The van der Waals surface area contributed by atoms with Gasteiger partial charge in [-0.25, -0.2) is 0 Å². The van der Waals surface area contributed by atoms with Crippen LogP contribution >= 0.6 is 0 Å². The molecule has 0 spiro atoms. The second kappa shape index (κ2) is 6.30. The van der Waals surface area contributed by atoms with Gasteiger partial charge >= 0.3 is 0 Å². The summed E-state index contributed by atoms with van der Waals surface area (Å²) in [7, 11) is 0. The third kappa shape index (κ3) is 4.70. The van der Waals surface area contributed by atoms with Crippen LogP contribution in [-0.2, 0) is 11.2 Å². The fourth-order valence-electron chi connectivity index (χ4n) is 1.51. The summed E-state index contributed by atoms with van der Waals surface area (Å²) in [6, 6.07) is 5.71. The molecular weight excluding hydrogens is 188 g/mol. The lowest BCUT2D eigenvalue weighted by Gasteiger charge is -2.05. The predicted octanol–water partition coefficient (Wildman–Crippen LogP) is 2.21. The SMILES string of the molecule is CCCOCCCc1cc(N)cc(N)c1. The summed E-state index contributed by atoms with van der Waals surface area (Å²) in [6.45, 7) is 3.76. The largest absolute Gasteiger partial charge is 0.399 e. The number of hydrogen-bond acceptors (Lipinski definition) is 3. The summed E-state index contributed by atoms with van der Waals surface area (Å²) < 4.78 is 5.40. The van der Waals surface area contributed by atoms with Crippen molar-refractivity contribution < 1.29 is 4.74 Å². The Morgan fingerprint density at radius 1 is 1.07 bits per heavy atom. The first-order chi connectivity index (χ1) is 7.22. The van der Waals surface area contributed by atoms with Crippen molar-refractivity contribution in [2.45, 2.75) is 26.2 Å².